The highest BCUT2D eigenvalue weighted by atomic mass is 16.7. The summed E-state index contributed by atoms with van der Waals surface area (Å²) in [5.41, 5.74) is 0.517. The maximum absolute atomic E-state index is 13.0. The first kappa shape index (κ1) is 22.6. The number of ether oxygens (including phenoxy) is 1. The molecule has 5 rings (SSSR count). The minimum atomic E-state index is -0.502. The first-order valence-electron chi connectivity index (χ1n) is 11.8. The van der Waals surface area contributed by atoms with E-state index in [1.807, 2.05) is 51.1 Å². The Bertz CT molecular complexity index is 1030. The lowest BCUT2D eigenvalue weighted by atomic mass is 9.97. The molecule has 1 unspecified atom stereocenters. The fourth-order valence-corrected chi connectivity index (χ4v) is 4.68. The average molecular weight is 470 g/mol. The van der Waals surface area contributed by atoms with Crippen LogP contribution < -0.4 is 0 Å². The number of fused-ring (bicyclic) bond motifs is 2. The number of urea groups is 1. The van der Waals surface area contributed by atoms with Crippen molar-refractivity contribution in [1.82, 2.24) is 25.1 Å². The lowest BCUT2D eigenvalue weighted by molar-refractivity contribution is -0.140. The summed E-state index contributed by atoms with van der Waals surface area (Å²) in [7, 11) is 0. The van der Waals surface area contributed by atoms with E-state index in [1.54, 1.807) is 9.80 Å². The quantitative estimate of drug-likeness (QED) is 0.638. The molecule has 2 aromatic rings. The Hall–Kier alpha value is -3.14. The third kappa shape index (κ3) is 4.72. The van der Waals surface area contributed by atoms with Gasteiger partial charge in [-0.2, -0.15) is 5.06 Å². The Kier molecular flexibility index (Phi) is 5.93. The minimum absolute atomic E-state index is 0.0312. The van der Waals surface area contributed by atoms with Crippen molar-refractivity contribution in [3.63, 3.8) is 0 Å². The number of carbonyl (C=O) groups is 2. The van der Waals surface area contributed by atoms with Crippen LogP contribution in [0.25, 0.3) is 0 Å². The van der Waals surface area contributed by atoms with Crippen molar-refractivity contribution < 1.29 is 23.6 Å². The smallest absolute Gasteiger partial charge is 0.410 e. The molecule has 0 spiro atoms. The van der Waals surface area contributed by atoms with Crippen LogP contribution in [-0.2, 0) is 22.6 Å². The molecule has 3 fully saturated rings. The van der Waals surface area contributed by atoms with Crippen LogP contribution in [0.4, 0.5) is 9.59 Å². The van der Waals surface area contributed by atoms with E-state index in [1.165, 1.54) is 5.06 Å². The summed E-state index contributed by atoms with van der Waals surface area (Å²) in [5, 5.41) is 9.96. The molecule has 1 aromatic carbocycles. The van der Waals surface area contributed by atoms with Crippen LogP contribution in [0.2, 0.25) is 0 Å². The van der Waals surface area contributed by atoms with E-state index < -0.39 is 5.60 Å². The van der Waals surface area contributed by atoms with Crippen molar-refractivity contribution in [2.75, 3.05) is 19.6 Å². The molecule has 2 atom stereocenters. The topological polar surface area (TPSA) is 101 Å². The van der Waals surface area contributed by atoms with Gasteiger partial charge in [0.2, 0.25) is 11.8 Å². The molecule has 3 aliphatic heterocycles. The van der Waals surface area contributed by atoms with E-state index in [9.17, 15) is 9.59 Å². The van der Waals surface area contributed by atoms with Crippen LogP contribution in [0.5, 0.6) is 0 Å². The minimum Gasteiger partial charge on any atom is -0.444 e. The highest BCUT2D eigenvalue weighted by Crippen LogP contribution is 2.38. The molecule has 0 saturated carbocycles. The second-order valence-corrected chi connectivity index (χ2v) is 10.3. The molecule has 0 N–H and O–H groups in total. The monoisotopic (exact) mass is 469 g/mol. The van der Waals surface area contributed by atoms with Crippen LogP contribution in [-0.4, -0.2) is 68.5 Å². The molecule has 10 heteroatoms. The van der Waals surface area contributed by atoms with E-state index in [2.05, 4.69) is 10.2 Å². The number of aromatic nitrogens is 2. The van der Waals surface area contributed by atoms with Crippen molar-refractivity contribution in [2.45, 2.75) is 64.3 Å². The fraction of sp³-hybridized carbons (Fsp3) is 0.583. The molecule has 10 nitrogen and oxygen atoms in total. The fourth-order valence-electron chi connectivity index (χ4n) is 4.68. The lowest BCUT2D eigenvalue weighted by Crippen LogP contribution is -2.52. The standard InChI is InChI=1S/C24H31N5O5/c1-24(2,3)34-23(31)27-12-17(13-27)11-20-25-26-21(33-20)19-10-9-18-14-28(19)22(30)29(18)32-15-16-7-5-4-6-8-16/h4-8,17-19H,9-15H2,1-3H3/t18?,19-/m0/s1. The first-order chi connectivity index (χ1) is 16.3. The van der Waals surface area contributed by atoms with Gasteiger partial charge in [-0.25, -0.2) is 9.59 Å². The van der Waals surface area contributed by atoms with E-state index in [0.717, 1.165) is 18.4 Å². The van der Waals surface area contributed by atoms with E-state index >= 15 is 0 Å². The second-order valence-electron chi connectivity index (χ2n) is 10.3. The molecule has 3 saturated heterocycles. The maximum atomic E-state index is 13.0. The Morgan fingerprint density at radius 3 is 2.62 bits per heavy atom. The Morgan fingerprint density at radius 1 is 1.12 bits per heavy atom. The van der Waals surface area contributed by atoms with Crippen LogP contribution in [0.3, 0.4) is 0 Å². The Balaban J connectivity index is 1.14. The van der Waals surface area contributed by atoms with Gasteiger partial charge in [0.1, 0.15) is 18.2 Å². The van der Waals surface area contributed by atoms with Gasteiger partial charge in [0, 0.05) is 32.0 Å². The predicted molar refractivity (Wildman–Crippen MR) is 120 cm³/mol. The number of rotatable bonds is 6. The number of hydrogen-bond donors (Lipinski definition) is 0. The van der Waals surface area contributed by atoms with Gasteiger partial charge in [0.15, 0.2) is 0 Å². The van der Waals surface area contributed by atoms with Crippen molar-refractivity contribution in [1.29, 1.82) is 0 Å². The molecule has 2 bridgehead atoms. The largest absolute Gasteiger partial charge is 0.444 e. The molecule has 3 amide bonds. The first-order valence-corrected chi connectivity index (χ1v) is 11.8. The summed E-state index contributed by atoms with van der Waals surface area (Å²) in [6.45, 7) is 7.73. The Morgan fingerprint density at radius 2 is 1.88 bits per heavy atom. The lowest BCUT2D eigenvalue weighted by Gasteiger charge is -2.39. The number of likely N-dealkylation sites (tertiary alicyclic amines) is 1. The summed E-state index contributed by atoms with van der Waals surface area (Å²) < 4.78 is 11.4. The molecule has 0 radical (unpaired) electrons. The second kappa shape index (κ2) is 8.90. The van der Waals surface area contributed by atoms with E-state index in [0.29, 0.717) is 44.4 Å². The number of nitrogens with zero attached hydrogens (tertiary/aromatic N) is 5. The predicted octanol–water partition coefficient (Wildman–Crippen LogP) is 3.55. The number of amides is 3. The average Bonchev–Trinajstić information content (AvgIpc) is 3.32. The zero-order valence-electron chi connectivity index (χ0n) is 19.8. The molecule has 1 aromatic heterocycles. The summed E-state index contributed by atoms with van der Waals surface area (Å²) in [4.78, 5) is 34.4. The molecule has 0 aliphatic carbocycles. The zero-order chi connectivity index (χ0) is 23.9. The van der Waals surface area contributed by atoms with Crippen LogP contribution in [0, 0.1) is 5.92 Å². The SMILES string of the molecule is CC(C)(C)OC(=O)N1CC(Cc2nnc([C@@H]3CCC4CN3C(=O)N4OCc3ccccc3)o2)C1. The van der Waals surface area contributed by atoms with Gasteiger partial charge < -0.3 is 19.0 Å². The third-order valence-electron chi connectivity index (χ3n) is 6.38. The van der Waals surface area contributed by atoms with Crippen molar-refractivity contribution in [3.05, 3.63) is 47.7 Å². The molecule has 3 aliphatic rings. The normalized spacial score (nSPS) is 22.8. The highest BCUT2D eigenvalue weighted by molar-refractivity contribution is 5.77. The van der Waals surface area contributed by atoms with E-state index in [-0.39, 0.29) is 30.1 Å². The molecule has 182 valence electrons. The van der Waals surface area contributed by atoms with Crippen molar-refractivity contribution >= 4 is 12.1 Å². The molecular formula is C24H31N5O5. The van der Waals surface area contributed by atoms with Gasteiger partial charge in [-0.1, -0.05) is 30.3 Å². The number of hydrogen-bond acceptors (Lipinski definition) is 7. The molecular weight excluding hydrogens is 438 g/mol. The highest BCUT2D eigenvalue weighted by Gasteiger charge is 2.48. The van der Waals surface area contributed by atoms with Crippen LogP contribution in [0.15, 0.2) is 34.7 Å². The van der Waals surface area contributed by atoms with Crippen molar-refractivity contribution in [3.8, 4) is 0 Å². The van der Waals surface area contributed by atoms with Crippen molar-refractivity contribution in [2.24, 2.45) is 5.92 Å². The molecule has 4 heterocycles. The molecule has 34 heavy (non-hydrogen) atoms. The number of piperidine rings is 1. The maximum Gasteiger partial charge on any atom is 0.410 e. The van der Waals surface area contributed by atoms with Gasteiger partial charge in [-0.3, -0.25) is 4.84 Å². The van der Waals surface area contributed by atoms with Crippen LogP contribution >= 0.6 is 0 Å². The van der Waals surface area contributed by atoms with Gasteiger partial charge >= 0.3 is 12.1 Å². The number of benzene rings is 1. The van der Waals surface area contributed by atoms with Gasteiger partial charge in [0.05, 0.1) is 6.04 Å². The third-order valence-corrected chi connectivity index (χ3v) is 6.38. The van der Waals surface area contributed by atoms with Crippen LogP contribution in [0.1, 0.15) is 57.0 Å². The number of carbonyl (C=O) groups excluding carboxylic acids is 2. The zero-order valence-corrected chi connectivity index (χ0v) is 19.8. The van der Waals surface area contributed by atoms with Gasteiger partial charge in [-0.15, -0.1) is 10.2 Å². The van der Waals surface area contributed by atoms with E-state index in [4.69, 9.17) is 14.0 Å². The summed E-state index contributed by atoms with van der Waals surface area (Å²) >= 11 is 0. The summed E-state index contributed by atoms with van der Waals surface area (Å²) in [6.07, 6.45) is 1.87. The Labute approximate surface area is 198 Å². The van der Waals surface area contributed by atoms with Gasteiger partial charge in [0.25, 0.3) is 0 Å². The van der Waals surface area contributed by atoms with Gasteiger partial charge in [-0.05, 0) is 39.2 Å². The summed E-state index contributed by atoms with van der Waals surface area (Å²) in [5.74, 6) is 1.26. The summed E-state index contributed by atoms with van der Waals surface area (Å²) in [6, 6.07) is 9.44. The number of hydroxylamine groups is 2.